The Hall–Kier alpha value is -2.93. The van der Waals surface area contributed by atoms with E-state index in [1.54, 1.807) is 0 Å². The zero-order valence-electron chi connectivity index (χ0n) is 19.9. The van der Waals surface area contributed by atoms with Crippen LogP contribution in [0.2, 0.25) is 0 Å². The van der Waals surface area contributed by atoms with Gasteiger partial charge in [-0.25, -0.2) is 4.79 Å². The molecule has 1 heterocycles. The first kappa shape index (κ1) is 24.7. The van der Waals surface area contributed by atoms with Gasteiger partial charge < -0.3 is 15.2 Å². The number of amides is 1. The normalized spacial score (nSPS) is 18.7. The number of rotatable bonds is 5. The SMILES string of the molecule is COC(=O)c1c(-c2ccc(C(C)(C)C)cc2)csc1NC(=O)[C@H]1CC(C)=C(C)C[C@H]1C(=O)O. The molecule has 0 saturated heterocycles. The average molecular weight is 470 g/mol. The summed E-state index contributed by atoms with van der Waals surface area (Å²) < 4.78 is 5.01. The predicted octanol–water partition coefficient (Wildman–Crippen LogP) is 5.88. The van der Waals surface area contributed by atoms with Crippen molar-refractivity contribution in [1.82, 2.24) is 0 Å². The molecule has 33 heavy (non-hydrogen) atoms. The summed E-state index contributed by atoms with van der Waals surface area (Å²) in [5, 5.41) is 14.7. The number of carboxylic acids is 1. The summed E-state index contributed by atoms with van der Waals surface area (Å²) in [6.45, 7) is 10.2. The molecule has 0 bridgehead atoms. The Morgan fingerprint density at radius 3 is 2.12 bits per heavy atom. The van der Waals surface area contributed by atoms with Crippen molar-refractivity contribution in [2.24, 2.45) is 11.8 Å². The summed E-state index contributed by atoms with van der Waals surface area (Å²) in [5.74, 6) is -3.42. The molecule has 2 atom stereocenters. The molecule has 3 rings (SSSR count). The third kappa shape index (κ3) is 5.19. The molecule has 1 aromatic carbocycles. The molecule has 0 radical (unpaired) electrons. The highest BCUT2D eigenvalue weighted by Gasteiger charge is 2.38. The number of esters is 1. The smallest absolute Gasteiger partial charge is 0.341 e. The molecule has 176 valence electrons. The minimum atomic E-state index is -0.985. The number of methoxy groups -OCH3 is 1. The van der Waals surface area contributed by atoms with Gasteiger partial charge in [0.2, 0.25) is 5.91 Å². The first-order chi connectivity index (χ1) is 15.4. The summed E-state index contributed by atoms with van der Waals surface area (Å²) in [6.07, 6.45) is 0.730. The number of hydrogen-bond acceptors (Lipinski definition) is 5. The van der Waals surface area contributed by atoms with Crippen LogP contribution in [-0.2, 0) is 19.7 Å². The number of carbonyl (C=O) groups excluding carboxylic acids is 2. The monoisotopic (exact) mass is 469 g/mol. The van der Waals surface area contributed by atoms with Gasteiger partial charge in [0, 0.05) is 10.9 Å². The molecule has 1 aliphatic carbocycles. The Kier molecular flexibility index (Phi) is 7.12. The van der Waals surface area contributed by atoms with Gasteiger partial charge in [-0.15, -0.1) is 11.3 Å². The van der Waals surface area contributed by atoms with Crippen molar-refractivity contribution in [1.29, 1.82) is 0 Å². The summed E-state index contributed by atoms with van der Waals surface area (Å²) >= 11 is 1.24. The van der Waals surface area contributed by atoms with Gasteiger partial charge in [0.15, 0.2) is 0 Å². The van der Waals surface area contributed by atoms with E-state index >= 15 is 0 Å². The van der Waals surface area contributed by atoms with Gasteiger partial charge in [0.05, 0.1) is 18.9 Å². The van der Waals surface area contributed by atoms with Crippen molar-refractivity contribution >= 4 is 34.2 Å². The van der Waals surface area contributed by atoms with Crippen LogP contribution < -0.4 is 5.32 Å². The molecule has 0 saturated carbocycles. The number of thiophene rings is 1. The lowest BCUT2D eigenvalue weighted by molar-refractivity contribution is -0.146. The van der Waals surface area contributed by atoms with Crippen molar-refractivity contribution in [2.75, 3.05) is 12.4 Å². The van der Waals surface area contributed by atoms with E-state index in [1.165, 1.54) is 24.0 Å². The molecule has 2 N–H and O–H groups in total. The van der Waals surface area contributed by atoms with E-state index in [0.717, 1.165) is 16.7 Å². The Bertz CT molecular complexity index is 1100. The number of ether oxygens (including phenoxy) is 1. The number of nitrogens with one attached hydrogen (secondary N) is 1. The number of carboxylic acid groups (broad SMARTS) is 1. The number of carbonyl (C=O) groups is 3. The second kappa shape index (κ2) is 9.51. The van der Waals surface area contributed by atoms with Crippen LogP contribution in [0.1, 0.15) is 63.4 Å². The van der Waals surface area contributed by atoms with Crippen LogP contribution in [0.15, 0.2) is 40.8 Å². The van der Waals surface area contributed by atoms with Crippen LogP contribution in [-0.4, -0.2) is 30.1 Å². The Morgan fingerprint density at radius 2 is 1.61 bits per heavy atom. The molecular formula is C26H31NO5S. The standard InChI is InChI=1S/C26H31NO5S/c1-14-11-18(19(24(29)30)12-15(14)2)22(28)27-23-21(25(31)32-6)20(13-33-23)16-7-9-17(10-8-16)26(3,4)5/h7-10,13,18-19H,11-12H2,1-6H3,(H,27,28)(H,29,30)/t18-,19+/m0/s1. The highest BCUT2D eigenvalue weighted by Crippen LogP contribution is 2.39. The first-order valence-electron chi connectivity index (χ1n) is 10.9. The van der Waals surface area contributed by atoms with Crippen LogP contribution in [0.3, 0.4) is 0 Å². The van der Waals surface area contributed by atoms with Gasteiger partial charge >= 0.3 is 11.9 Å². The van der Waals surface area contributed by atoms with Crippen LogP contribution in [0.5, 0.6) is 0 Å². The van der Waals surface area contributed by atoms with Crippen molar-refractivity contribution in [3.05, 3.63) is 51.9 Å². The maximum absolute atomic E-state index is 13.2. The van der Waals surface area contributed by atoms with Crippen LogP contribution in [0, 0.1) is 11.8 Å². The van der Waals surface area contributed by atoms with E-state index < -0.39 is 29.7 Å². The van der Waals surface area contributed by atoms with Crippen LogP contribution >= 0.6 is 11.3 Å². The minimum absolute atomic E-state index is 0.00308. The van der Waals surface area contributed by atoms with Gasteiger partial charge in [-0.05, 0) is 43.2 Å². The molecular weight excluding hydrogens is 438 g/mol. The molecule has 1 aliphatic rings. The van der Waals surface area contributed by atoms with Crippen LogP contribution in [0.25, 0.3) is 11.1 Å². The number of aliphatic carboxylic acids is 1. The van der Waals surface area contributed by atoms with E-state index in [2.05, 4.69) is 26.1 Å². The third-order valence-corrected chi connectivity index (χ3v) is 7.30. The topological polar surface area (TPSA) is 92.7 Å². The van der Waals surface area contributed by atoms with Crippen molar-refractivity contribution in [3.63, 3.8) is 0 Å². The molecule has 0 fully saturated rings. The fraction of sp³-hybridized carbons (Fsp3) is 0.423. The average Bonchev–Trinajstić information content (AvgIpc) is 3.17. The van der Waals surface area contributed by atoms with E-state index in [-0.39, 0.29) is 11.0 Å². The Morgan fingerprint density at radius 1 is 1.03 bits per heavy atom. The van der Waals surface area contributed by atoms with Gasteiger partial charge in [0.25, 0.3) is 0 Å². The molecule has 6 nitrogen and oxygen atoms in total. The van der Waals surface area contributed by atoms with E-state index in [9.17, 15) is 19.5 Å². The highest BCUT2D eigenvalue weighted by atomic mass is 32.1. The molecule has 0 aliphatic heterocycles. The second-order valence-corrected chi connectivity index (χ2v) is 10.6. The second-order valence-electron chi connectivity index (χ2n) is 9.68. The lowest BCUT2D eigenvalue weighted by Crippen LogP contribution is -2.36. The summed E-state index contributed by atoms with van der Waals surface area (Å²) in [7, 11) is 1.30. The third-order valence-electron chi connectivity index (χ3n) is 6.40. The molecule has 0 spiro atoms. The number of hydrogen-bond donors (Lipinski definition) is 2. The molecule has 7 heteroatoms. The van der Waals surface area contributed by atoms with Crippen molar-refractivity contribution in [2.45, 2.75) is 52.9 Å². The van der Waals surface area contributed by atoms with Crippen molar-refractivity contribution in [3.8, 4) is 11.1 Å². The quantitative estimate of drug-likeness (QED) is 0.421. The van der Waals surface area contributed by atoms with E-state index in [0.29, 0.717) is 23.4 Å². The summed E-state index contributed by atoms with van der Waals surface area (Å²) in [5.41, 5.74) is 5.02. The Labute approximate surface area is 198 Å². The highest BCUT2D eigenvalue weighted by molar-refractivity contribution is 7.15. The predicted molar refractivity (Wildman–Crippen MR) is 131 cm³/mol. The first-order valence-corrected chi connectivity index (χ1v) is 11.8. The van der Waals surface area contributed by atoms with E-state index in [1.807, 2.05) is 43.5 Å². The van der Waals surface area contributed by atoms with Gasteiger partial charge in [-0.1, -0.05) is 56.2 Å². The van der Waals surface area contributed by atoms with Gasteiger partial charge in [0.1, 0.15) is 10.6 Å². The van der Waals surface area contributed by atoms with Gasteiger partial charge in [-0.2, -0.15) is 0 Å². The fourth-order valence-electron chi connectivity index (χ4n) is 4.15. The van der Waals surface area contributed by atoms with Gasteiger partial charge in [-0.3, -0.25) is 9.59 Å². The fourth-order valence-corrected chi connectivity index (χ4v) is 5.11. The lowest BCUT2D eigenvalue weighted by atomic mass is 9.76. The largest absolute Gasteiger partial charge is 0.481 e. The zero-order chi connectivity index (χ0) is 24.5. The number of benzene rings is 1. The molecule has 2 aromatic rings. The summed E-state index contributed by atoms with van der Waals surface area (Å²) in [4.78, 5) is 37.6. The summed E-state index contributed by atoms with van der Waals surface area (Å²) in [6, 6.07) is 7.98. The molecule has 0 unspecified atom stereocenters. The maximum Gasteiger partial charge on any atom is 0.341 e. The lowest BCUT2D eigenvalue weighted by Gasteiger charge is -2.29. The number of allylic oxidation sites excluding steroid dienone is 2. The van der Waals surface area contributed by atoms with E-state index in [4.69, 9.17) is 4.74 Å². The molecule has 1 amide bonds. The molecule has 1 aromatic heterocycles. The zero-order valence-corrected chi connectivity index (χ0v) is 20.8. The maximum atomic E-state index is 13.2. The Balaban J connectivity index is 1.94. The van der Waals surface area contributed by atoms with Crippen molar-refractivity contribution < 1.29 is 24.2 Å². The minimum Gasteiger partial charge on any atom is -0.481 e. The van der Waals surface area contributed by atoms with Crippen LogP contribution in [0.4, 0.5) is 5.00 Å². The number of anilines is 1.